The van der Waals surface area contributed by atoms with Crippen LogP contribution in [0.1, 0.15) is 40.5 Å². The Balaban J connectivity index is 2.51. The summed E-state index contributed by atoms with van der Waals surface area (Å²) in [5, 5.41) is 3.15. The number of hydrogen-bond donors (Lipinski definition) is 1. The molecule has 0 radical (unpaired) electrons. The van der Waals surface area contributed by atoms with Crippen LogP contribution in [-0.2, 0) is 4.74 Å². The summed E-state index contributed by atoms with van der Waals surface area (Å²) < 4.78 is 6.04. The Morgan fingerprint density at radius 3 is 2.47 bits per heavy atom. The first-order chi connectivity index (χ1) is 6.87. The van der Waals surface area contributed by atoms with Crippen molar-refractivity contribution in [2.75, 3.05) is 13.6 Å². The van der Waals surface area contributed by atoms with E-state index in [1.807, 2.05) is 7.05 Å². The molecule has 0 aromatic heterocycles. The Hall–Kier alpha value is -0.340. The second kappa shape index (κ2) is 4.67. The molecule has 1 N–H and O–H groups in total. The maximum atomic E-state index is 6.04. The quantitative estimate of drug-likeness (QED) is 0.570. The van der Waals surface area contributed by atoms with Gasteiger partial charge in [-0.3, -0.25) is 0 Å². The third-order valence-corrected chi connectivity index (χ3v) is 3.07. The molecule has 0 saturated carbocycles. The Kier molecular flexibility index (Phi) is 3.96. The number of nitrogens with one attached hydrogen (secondary N) is 1. The molecule has 1 aliphatic rings. The molecule has 1 unspecified atom stereocenters. The Bertz CT molecular complexity index is 231. The van der Waals surface area contributed by atoms with Crippen molar-refractivity contribution in [1.29, 1.82) is 0 Å². The van der Waals surface area contributed by atoms with Gasteiger partial charge in [0.05, 0.1) is 11.2 Å². The molecule has 1 rings (SSSR count). The summed E-state index contributed by atoms with van der Waals surface area (Å²) in [6.45, 7) is 9.78. The molecular formula is C13H25NO. The van der Waals surface area contributed by atoms with Crippen molar-refractivity contribution in [1.82, 2.24) is 5.32 Å². The lowest BCUT2D eigenvalue weighted by Crippen LogP contribution is -2.28. The van der Waals surface area contributed by atoms with Gasteiger partial charge < -0.3 is 10.1 Å². The molecule has 0 spiro atoms. The SMILES string of the molecule is CNCC/C=C/C1CC(C)(C)OC1(C)C. The van der Waals surface area contributed by atoms with Gasteiger partial charge in [0.2, 0.25) is 0 Å². The van der Waals surface area contributed by atoms with Crippen LogP contribution in [0.15, 0.2) is 12.2 Å². The van der Waals surface area contributed by atoms with Crippen molar-refractivity contribution in [3.63, 3.8) is 0 Å². The number of rotatable bonds is 4. The molecule has 1 heterocycles. The first kappa shape index (κ1) is 12.7. The van der Waals surface area contributed by atoms with E-state index in [4.69, 9.17) is 4.74 Å². The minimum Gasteiger partial charge on any atom is -0.369 e. The monoisotopic (exact) mass is 211 g/mol. The average Bonchev–Trinajstić information content (AvgIpc) is 2.28. The van der Waals surface area contributed by atoms with E-state index < -0.39 is 0 Å². The molecule has 0 aliphatic carbocycles. The van der Waals surface area contributed by atoms with Crippen LogP contribution in [0.4, 0.5) is 0 Å². The van der Waals surface area contributed by atoms with Crippen LogP contribution in [0.2, 0.25) is 0 Å². The van der Waals surface area contributed by atoms with Gasteiger partial charge >= 0.3 is 0 Å². The average molecular weight is 211 g/mol. The summed E-state index contributed by atoms with van der Waals surface area (Å²) in [6.07, 6.45) is 6.82. The lowest BCUT2D eigenvalue weighted by atomic mass is 9.87. The van der Waals surface area contributed by atoms with Gasteiger partial charge in [0.15, 0.2) is 0 Å². The van der Waals surface area contributed by atoms with Gasteiger partial charge in [-0.1, -0.05) is 12.2 Å². The predicted octanol–water partition coefficient (Wildman–Crippen LogP) is 2.75. The Morgan fingerprint density at radius 1 is 1.33 bits per heavy atom. The fourth-order valence-electron chi connectivity index (χ4n) is 2.39. The molecule has 1 aliphatic heterocycles. The van der Waals surface area contributed by atoms with Gasteiger partial charge in [0.1, 0.15) is 0 Å². The highest BCUT2D eigenvalue weighted by molar-refractivity contribution is 5.04. The van der Waals surface area contributed by atoms with E-state index in [2.05, 4.69) is 45.2 Å². The van der Waals surface area contributed by atoms with Crippen molar-refractivity contribution in [3.8, 4) is 0 Å². The van der Waals surface area contributed by atoms with E-state index >= 15 is 0 Å². The van der Waals surface area contributed by atoms with Crippen molar-refractivity contribution in [2.24, 2.45) is 5.92 Å². The van der Waals surface area contributed by atoms with Gasteiger partial charge in [0, 0.05) is 5.92 Å². The largest absolute Gasteiger partial charge is 0.369 e. The normalized spacial score (nSPS) is 28.7. The van der Waals surface area contributed by atoms with Crippen molar-refractivity contribution < 1.29 is 4.74 Å². The van der Waals surface area contributed by atoms with Crippen molar-refractivity contribution in [3.05, 3.63) is 12.2 Å². The first-order valence-corrected chi connectivity index (χ1v) is 5.89. The summed E-state index contributed by atoms with van der Waals surface area (Å²) in [4.78, 5) is 0. The van der Waals surface area contributed by atoms with Crippen LogP contribution in [0.5, 0.6) is 0 Å². The first-order valence-electron chi connectivity index (χ1n) is 5.89. The van der Waals surface area contributed by atoms with Gasteiger partial charge in [-0.05, 0) is 54.1 Å². The summed E-state index contributed by atoms with van der Waals surface area (Å²) in [7, 11) is 1.99. The van der Waals surface area contributed by atoms with E-state index in [0.29, 0.717) is 5.92 Å². The third kappa shape index (κ3) is 3.62. The zero-order chi connectivity index (χ0) is 11.5. The molecule has 2 nitrogen and oxygen atoms in total. The van der Waals surface area contributed by atoms with E-state index in [1.165, 1.54) is 0 Å². The van der Waals surface area contributed by atoms with E-state index in [-0.39, 0.29) is 11.2 Å². The summed E-state index contributed by atoms with van der Waals surface area (Å²) in [6, 6.07) is 0. The van der Waals surface area contributed by atoms with Crippen molar-refractivity contribution >= 4 is 0 Å². The molecule has 88 valence electrons. The van der Waals surface area contributed by atoms with Crippen LogP contribution >= 0.6 is 0 Å². The highest BCUT2D eigenvalue weighted by atomic mass is 16.5. The van der Waals surface area contributed by atoms with Gasteiger partial charge in [-0.25, -0.2) is 0 Å². The Labute approximate surface area is 94.1 Å². The van der Waals surface area contributed by atoms with E-state index in [9.17, 15) is 0 Å². The summed E-state index contributed by atoms with van der Waals surface area (Å²) >= 11 is 0. The second-order valence-corrected chi connectivity index (χ2v) is 5.60. The summed E-state index contributed by atoms with van der Waals surface area (Å²) in [5.41, 5.74) is 0.0150. The lowest BCUT2D eigenvalue weighted by Gasteiger charge is -2.25. The molecule has 0 amide bonds. The zero-order valence-electron chi connectivity index (χ0n) is 10.8. The predicted molar refractivity (Wildman–Crippen MR) is 65.0 cm³/mol. The van der Waals surface area contributed by atoms with Gasteiger partial charge in [-0.2, -0.15) is 0 Å². The topological polar surface area (TPSA) is 21.3 Å². The van der Waals surface area contributed by atoms with Gasteiger partial charge in [-0.15, -0.1) is 0 Å². The molecule has 1 atom stereocenters. The van der Waals surface area contributed by atoms with Crippen LogP contribution in [0, 0.1) is 5.92 Å². The van der Waals surface area contributed by atoms with Crippen LogP contribution < -0.4 is 5.32 Å². The minimum atomic E-state index is -0.0142. The second-order valence-electron chi connectivity index (χ2n) is 5.60. The molecule has 1 fully saturated rings. The van der Waals surface area contributed by atoms with Crippen LogP contribution in [-0.4, -0.2) is 24.8 Å². The van der Waals surface area contributed by atoms with Crippen molar-refractivity contribution in [2.45, 2.75) is 51.7 Å². The van der Waals surface area contributed by atoms with Crippen LogP contribution in [0.25, 0.3) is 0 Å². The maximum absolute atomic E-state index is 6.04. The number of hydrogen-bond acceptors (Lipinski definition) is 2. The molecule has 1 saturated heterocycles. The highest BCUT2D eigenvalue weighted by Gasteiger charge is 2.44. The third-order valence-electron chi connectivity index (χ3n) is 3.07. The molecule has 0 aromatic carbocycles. The molecule has 2 heteroatoms. The van der Waals surface area contributed by atoms with E-state index in [0.717, 1.165) is 19.4 Å². The maximum Gasteiger partial charge on any atom is 0.0697 e. The number of ether oxygens (including phenoxy) is 1. The molecule has 0 bridgehead atoms. The van der Waals surface area contributed by atoms with E-state index in [1.54, 1.807) is 0 Å². The standard InChI is InChI=1S/C13H25NO/c1-12(2)10-11(13(3,4)15-12)8-6-7-9-14-5/h6,8,11,14H,7,9-10H2,1-5H3/b8-6+. The smallest absolute Gasteiger partial charge is 0.0697 e. The Morgan fingerprint density at radius 2 is 2.00 bits per heavy atom. The summed E-state index contributed by atoms with van der Waals surface area (Å²) in [5.74, 6) is 0.546. The van der Waals surface area contributed by atoms with Gasteiger partial charge in [0.25, 0.3) is 0 Å². The fraction of sp³-hybridized carbons (Fsp3) is 0.846. The highest BCUT2D eigenvalue weighted by Crippen LogP contribution is 2.42. The molecule has 15 heavy (non-hydrogen) atoms. The molecule has 0 aromatic rings. The van der Waals surface area contributed by atoms with Crippen LogP contribution in [0.3, 0.4) is 0 Å². The fourth-order valence-corrected chi connectivity index (χ4v) is 2.39. The lowest BCUT2D eigenvalue weighted by molar-refractivity contribution is -0.0706. The zero-order valence-corrected chi connectivity index (χ0v) is 10.8. The molecular weight excluding hydrogens is 186 g/mol. The minimum absolute atomic E-state index is 0.0142.